The number of benzene rings is 20. The molecular weight excluding hydrogens is 1570 g/mol. The molecule has 0 aliphatic carbocycles. The van der Waals surface area contributed by atoms with E-state index in [4.69, 9.17) is 4.42 Å². The van der Waals surface area contributed by atoms with Crippen LogP contribution in [0.15, 0.2) is 441 Å². The van der Waals surface area contributed by atoms with E-state index < -0.39 is 0 Å². The first-order valence-electron chi connectivity index (χ1n) is 42.4. The minimum atomic E-state index is 0.906. The molecule has 0 radical (unpaired) electrons. The van der Waals surface area contributed by atoms with Crippen molar-refractivity contribution < 1.29 is 4.42 Å². The molecule has 0 bridgehead atoms. The van der Waals surface area contributed by atoms with Gasteiger partial charge in [0.25, 0.3) is 0 Å². The van der Waals surface area contributed by atoms with Gasteiger partial charge in [0.1, 0.15) is 11.2 Å². The highest BCUT2D eigenvalue weighted by Gasteiger charge is 2.25. The summed E-state index contributed by atoms with van der Waals surface area (Å²) in [4.78, 5) is 6.82. The fraction of sp³-hybridized carbons (Fsp3) is 0. The summed E-state index contributed by atoms with van der Waals surface area (Å²) in [7, 11) is 0. The number of thiophene rings is 3. The Labute approximate surface area is 730 Å². The van der Waals surface area contributed by atoms with Gasteiger partial charge in [-0.3, -0.25) is 4.98 Å². The van der Waals surface area contributed by atoms with Crippen LogP contribution in [0, 0.1) is 0 Å². The summed E-state index contributed by atoms with van der Waals surface area (Å²) < 4.78 is 17.9. The van der Waals surface area contributed by atoms with Gasteiger partial charge in [-0.2, -0.15) is 0 Å². The first-order chi connectivity index (χ1) is 62.0. The van der Waals surface area contributed by atoms with E-state index in [0.29, 0.717) is 0 Å². The zero-order chi connectivity index (χ0) is 82.2. The molecular formula is C117H72N4OS3. The Morgan fingerprint density at radius 3 is 1.40 bits per heavy atom. The first-order valence-corrected chi connectivity index (χ1v) is 44.9. The van der Waals surface area contributed by atoms with E-state index in [1.54, 1.807) is 0 Å². The monoisotopic (exact) mass is 1640 g/mol. The van der Waals surface area contributed by atoms with Gasteiger partial charge in [0, 0.05) is 145 Å². The van der Waals surface area contributed by atoms with Crippen LogP contribution in [0.3, 0.4) is 0 Å². The van der Waals surface area contributed by atoms with E-state index in [9.17, 15) is 0 Å². The van der Waals surface area contributed by atoms with Crippen LogP contribution in [0.4, 0.5) is 17.1 Å². The molecule has 27 rings (SSSR count). The molecule has 584 valence electrons. The Balaban J connectivity index is 0.000000103. The largest absolute Gasteiger partial charge is 0.455 e. The number of fused-ring (bicyclic) bond motifs is 25. The maximum atomic E-state index is 6.49. The third kappa shape index (κ3) is 12.0. The molecule has 7 aromatic heterocycles. The average Bonchev–Trinajstić information content (AvgIpc) is 1.46. The van der Waals surface area contributed by atoms with Crippen molar-refractivity contribution in [3.8, 4) is 55.9 Å². The molecule has 0 saturated heterocycles. The number of para-hydroxylation sites is 7. The highest BCUT2D eigenvalue weighted by Crippen LogP contribution is 2.51. The van der Waals surface area contributed by atoms with Crippen molar-refractivity contribution in [1.29, 1.82) is 0 Å². The Morgan fingerprint density at radius 2 is 0.744 bits per heavy atom. The molecule has 27 aromatic rings. The van der Waals surface area contributed by atoms with Gasteiger partial charge in [-0.15, -0.1) is 34.0 Å². The highest BCUT2D eigenvalue weighted by atomic mass is 32.1. The second kappa shape index (κ2) is 29.7. The first kappa shape index (κ1) is 72.3. The van der Waals surface area contributed by atoms with Gasteiger partial charge >= 0.3 is 0 Å². The van der Waals surface area contributed by atoms with Gasteiger partial charge in [-0.1, -0.05) is 249 Å². The number of aromatic nitrogens is 3. The summed E-state index contributed by atoms with van der Waals surface area (Å²) in [6.45, 7) is 0. The highest BCUT2D eigenvalue weighted by molar-refractivity contribution is 7.26. The van der Waals surface area contributed by atoms with Crippen LogP contribution in [0.5, 0.6) is 0 Å². The van der Waals surface area contributed by atoms with E-state index in [-0.39, 0.29) is 0 Å². The summed E-state index contributed by atoms with van der Waals surface area (Å²) in [6, 6.07) is 152. The minimum Gasteiger partial charge on any atom is -0.455 e. The van der Waals surface area contributed by atoms with Crippen molar-refractivity contribution in [2.45, 2.75) is 0 Å². The van der Waals surface area contributed by atoms with Crippen molar-refractivity contribution in [3.05, 3.63) is 436 Å². The van der Waals surface area contributed by atoms with Crippen LogP contribution in [0.1, 0.15) is 0 Å². The van der Waals surface area contributed by atoms with Crippen LogP contribution in [0.2, 0.25) is 0 Å². The third-order valence-electron chi connectivity index (χ3n) is 25.3. The smallest absolute Gasteiger partial charge is 0.143 e. The SMILES string of the molecule is c1ccc(-c2ccc3c(c2)c(-c2ccc4c5ccccc5n(-c5ccccc5)c4c2)cc2cc4c(cc23)sc2ccccc24)cc1.c1ccc(-n2c3ccccc3c3c4c(-c5cccnc5)cc5c6ccccc6oc5c4ccc32)cc1.c1ccc(N(c2ccccc2)c2ccc3c(c2)c(-c2csc4ccccc24)cc2cc4c(cc23)sc2ccccc24)cc1. The van der Waals surface area contributed by atoms with Crippen molar-refractivity contribution in [3.63, 3.8) is 0 Å². The predicted molar refractivity (Wildman–Crippen MR) is 538 cm³/mol. The lowest BCUT2D eigenvalue weighted by molar-refractivity contribution is 0.672. The summed E-state index contributed by atoms with van der Waals surface area (Å²) in [5, 5.41) is 28.8. The number of rotatable bonds is 9. The lowest BCUT2D eigenvalue weighted by Crippen LogP contribution is -2.09. The van der Waals surface area contributed by atoms with Crippen molar-refractivity contribution in [2.24, 2.45) is 0 Å². The quantitative estimate of drug-likeness (QED) is 0.135. The number of pyridine rings is 1. The van der Waals surface area contributed by atoms with Crippen LogP contribution in [-0.2, 0) is 0 Å². The summed E-state index contributed by atoms with van der Waals surface area (Å²) in [6.07, 6.45) is 3.78. The molecule has 0 spiro atoms. The third-order valence-corrected chi connectivity index (χ3v) is 28.5. The van der Waals surface area contributed by atoms with Crippen LogP contribution in [0.25, 0.3) is 226 Å². The number of nitrogens with zero attached hydrogens (tertiary/aromatic N) is 4. The van der Waals surface area contributed by atoms with Crippen molar-refractivity contribution in [2.75, 3.05) is 4.90 Å². The molecule has 0 unspecified atom stereocenters. The maximum absolute atomic E-state index is 6.49. The van der Waals surface area contributed by atoms with E-state index in [1.165, 1.54) is 187 Å². The fourth-order valence-electron chi connectivity index (χ4n) is 19.7. The van der Waals surface area contributed by atoms with Gasteiger partial charge in [0.2, 0.25) is 0 Å². The Bertz CT molecular complexity index is 8940. The molecule has 0 aliphatic rings. The van der Waals surface area contributed by atoms with Gasteiger partial charge < -0.3 is 18.5 Å². The number of hydrogen-bond acceptors (Lipinski definition) is 6. The van der Waals surface area contributed by atoms with E-state index in [2.05, 4.69) is 425 Å². The maximum Gasteiger partial charge on any atom is 0.143 e. The zero-order valence-corrected chi connectivity index (χ0v) is 69.9. The summed E-state index contributed by atoms with van der Waals surface area (Å²) in [5.41, 5.74) is 22.2. The molecule has 0 amide bonds. The fourth-order valence-corrected chi connectivity index (χ4v) is 22.9. The normalized spacial score (nSPS) is 11.8. The van der Waals surface area contributed by atoms with Gasteiger partial charge in [-0.25, -0.2) is 0 Å². The number of furan rings is 1. The van der Waals surface area contributed by atoms with E-state index in [0.717, 1.165) is 55.6 Å². The number of hydrogen-bond donors (Lipinski definition) is 0. The second-order valence-electron chi connectivity index (χ2n) is 32.3. The van der Waals surface area contributed by atoms with E-state index in [1.807, 2.05) is 64.6 Å². The standard InChI is InChI=1S/C44H27NS.C40H25NS2.C33H20N2O/c1-3-11-28(12-4-1)29-19-21-33-38-27-44-40(36-16-8-10-18-43(36)46-44)25-31(38)24-37(39(33)23-29)30-20-22-35-34-15-7-9-17-41(34)45(42(35)26-30)32-13-5-2-6-14-32;1-3-11-27(12-4-1)41(28-13-5-2-6-14-28)29-19-20-30-33-24-40-36(31-15-8-10-18-39(31)43-40)22-26(33)21-34(35(30)23-29)37-25-42-38-17-9-7-16-32(37)38;1-2-10-22(11-3-1)35-28-14-6-4-13-24(28)32-29(35)17-16-25-31(32)26(21-9-8-18-34-20-21)19-27-23-12-5-7-15-30(23)36-33(25)27/h1-27H;1-25H;1-20H. The molecule has 0 fully saturated rings. The topological polar surface area (TPSA) is 39.1 Å². The second-order valence-corrected chi connectivity index (χ2v) is 35.4. The lowest BCUT2D eigenvalue weighted by atomic mass is 9.90. The molecule has 5 nitrogen and oxygen atoms in total. The molecule has 0 saturated carbocycles. The Hall–Kier alpha value is -15.6. The Morgan fingerprint density at radius 1 is 0.240 bits per heavy atom. The Kier molecular flexibility index (Phi) is 17.2. The summed E-state index contributed by atoms with van der Waals surface area (Å²) in [5.74, 6) is 0. The van der Waals surface area contributed by atoms with Crippen molar-refractivity contribution >= 4 is 221 Å². The zero-order valence-electron chi connectivity index (χ0n) is 67.5. The molecule has 0 aliphatic heterocycles. The van der Waals surface area contributed by atoms with Crippen LogP contribution >= 0.6 is 34.0 Å². The van der Waals surface area contributed by atoms with Crippen LogP contribution < -0.4 is 4.90 Å². The molecule has 8 heteroatoms. The van der Waals surface area contributed by atoms with Gasteiger partial charge in [0.05, 0.1) is 22.1 Å². The predicted octanol–water partition coefficient (Wildman–Crippen LogP) is 34.4. The lowest BCUT2D eigenvalue weighted by Gasteiger charge is -2.26. The van der Waals surface area contributed by atoms with Gasteiger partial charge in [0.15, 0.2) is 0 Å². The summed E-state index contributed by atoms with van der Waals surface area (Å²) >= 11 is 5.59. The number of anilines is 3. The van der Waals surface area contributed by atoms with Crippen LogP contribution in [-0.4, -0.2) is 14.1 Å². The molecule has 0 N–H and O–H groups in total. The molecule has 7 heterocycles. The van der Waals surface area contributed by atoms with Crippen molar-refractivity contribution in [1.82, 2.24) is 14.1 Å². The minimum absolute atomic E-state index is 0.906. The molecule has 20 aromatic carbocycles. The van der Waals surface area contributed by atoms with Gasteiger partial charge in [-0.05, 0) is 252 Å². The molecule has 125 heavy (non-hydrogen) atoms. The van der Waals surface area contributed by atoms with E-state index >= 15 is 0 Å². The average molecular weight is 1650 g/mol. The molecule has 0 atom stereocenters.